The van der Waals surface area contributed by atoms with Crippen molar-refractivity contribution in [3.63, 3.8) is 0 Å². The lowest BCUT2D eigenvalue weighted by atomic mass is 9.99. The standard InChI is InChI=1S/C15H10FNO3/c16-10-4-2-5-11(8-10)20-12-6-1-3-9-7-13(18)17-15(19)14(9)12/h1-6,8H,7H2,(H,17,18,19). The normalized spacial score (nSPS) is 13.7. The molecule has 1 N–H and O–H groups in total. The van der Waals surface area contributed by atoms with Crippen LogP contribution < -0.4 is 10.1 Å². The molecule has 100 valence electrons. The Bertz CT molecular complexity index is 712. The van der Waals surface area contributed by atoms with Gasteiger partial charge in [0.2, 0.25) is 5.91 Å². The van der Waals surface area contributed by atoms with Crippen molar-refractivity contribution in [3.05, 3.63) is 59.4 Å². The average Bonchev–Trinajstić information content (AvgIpc) is 2.38. The number of ether oxygens (including phenoxy) is 1. The third kappa shape index (κ3) is 2.25. The summed E-state index contributed by atoms with van der Waals surface area (Å²) in [5, 5.41) is 2.24. The van der Waals surface area contributed by atoms with E-state index >= 15 is 0 Å². The van der Waals surface area contributed by atoms with Crippen LogP contribution in [0.15, 0.2) is 42.5 Å². The third-order valence-electron chi connectivity index (χ3n) is 2.97. The highest BCUT2D eigenvalue weighted by molar-refractivity contribution is 6.11. The first-order valence-corrected chi connectivity index (χ1v) is 6.03. The molecule has 0 bridgehead atoms. The van der Waals surface area contributed by atoms with Gasteiger partial charge in [0.05, 0.1) is 12.0 Å². The van der Waals surface area contributed by atoms with E-state index in [2.05, 4.69) is 5.32 Å². The highest BCUT2D eigenvalue weighted by Gasteiger charge is 2.25. The van der Waals surface area contributed by atoms with Crippen molar-refractivity contribution < 1.29 is 18.7 Å². The number of amides is 2. The zero-order valence-electron chi connectivity index (χ0n) is 10.4. The van der Waals surface area contributed by atoms with E-state index in [1.807, 2.05) is 0 Å². The smallest absolute Gasteiger partial charge is 0.261 e. The van der Waals surface area contributed by atoms with Gasteiger partial charge in [-0.3, -0.25) is 14.9 Å². The summed E-state index contributed by atoms with van der Waals surface area (Å²) in [5.41, 5.74) is 0.920. The van der Waals surface area contributed by atoms with Gasteiger partial charge in [-0.2, -0.15) is 0 Å². The Morgan fingerprint density at radius 1 is 1.10 bits per heavy atom. The van der Waals surface area contributed by atoms with Crippen LogP contribution in [0.5, 0.6) is 11.5 Å². The van der Waals surface area contributed by atoms with Crippen molar-refractivity contribution in [2.75, 3.05) is 0 Å². The Morgan fingerprint density at radius 2 is 1.90 bits per heavy atom. The highest BCUT2D eigenvalue weighted by Crippen LogP contribution is 2.29. The van der Waals surface area contributed by atoms with Crippen LogP contribution in [0.2, 0.25) is 0 Å². The summed E-state index contributed by atoms with van der Waals surface area (Å²) in [5.74, 6) is -0.665. The molecular weight excluding hydrogens is 261 g/mol. The van der Waals surface area contributed by atoms with Crippen LogP contribution in [-0.2, 0) is 11.2 Å². The van der Waals surface area contributed by atoms with E-state index in [1.54, 1.807) is 24.3 Å². The number of hydrogen-bond acceptors (Lipinski definition) is 3. The fourth-order valence-electron chi connectivity index (χ4n) is 2.13. The van der Waals surface area contributed by atoms with E-state index in [0.29, 0.717) is 22.6 Å². The molecule has 3 rings (SSSR count). The third-order valence-corrected chi connectivity index (χ3v) is 2.97. The number of carbonyl (C=O) groups excluding carboxylic acids is 2. The summed E-state index contributed by atoms with van der Waals surface area (Å²) in [6.07, 6.45) is 0.126. The van der Waals surface area contributed by atoms with Crippen LogP contribution in [0.1, 0.15) is 15.9 Å². The van der Waals surface area contributed by atoms with Gasteiger partial charge >= 0.3 is 0 Å². The maximum atomic E-state index is 13.1. The molecule has 0 saturated heterocycles. The van der Waals surface area contributed by atoms with Crippen LogP contribution >= 0.6 is 0 Å². The molecule has 0 atom stereocenters. The maximum Gasteiger partial charge on any atom is 0.261 e. The maximum absolute atomic E-state index is 13.1. The summed E-state index contributed by atoms with van der Waals surface area (Å²) in [4.78, 5) is 23.2. The molecule has 1 aliphatic rings. The molecule has 1 aliphatic heterocycles. The van der Waals surface area contributed by atoms with Crippen LogP contribution in [0, 0.1) is 5.82 Å². The topological polar surface area (TPSA) is 55.4 Å². The second-order valence-electron chi connectivity index (χ2n) is 4.40. The molecule has 0 spiro atoms. The van der Waals surface area contributed by atoms with E-state index in [0.717, 1.165) is 0 Å². The molecule has 1 heterocycles. The molecular formula is C15H10FNO3. The van der Waals surface area contributed by atoms with Gasteiger partial charge in [0.15, 0.2) is 0 Å². The van der Waals surface area contributed by atoms with Gasteiger partial charge in [-0.15, -0.1) is 0 Å². The first-order valence-electron chi connectivity index (χ1n) is 6.03. The molecule has 4 nitrogen and oxygen atoms in total. The number of nitrogens with one attached hydrogen (secondary N) is 1. The summed E-state index contributed by atoms with van der Waals surface area (Å²) in [7, 11) is 0. The van der Waals surface area contributed by atoms with E-state index < -0.39 is 11.7 Å². The predicted octanol–water partition coefficient (Wildman–Crippen LogP) is 2.43. The molecule has 0 saturated carbocycles. The fraction of sp³-hybridized carbons (Fsp3) is 0.0667. The van der Waals surface area contributed by atoms with Crippen molar-refractivity contribution >= 4 is 11.8 Å². The number of fused-ring (bicyclic) bond motifs is 1. The Kier molecular flexibility index (Phi) is 2.95. The van der Waals surface area contributed by atoms with E-state index in [4.69, 9.17) is 4.74 Å². The summed E-state index contributed by atoms with van der Waals surface area (Å²) < 4.78 is 18.7. The minimum absolute atomic E-state index is 0.126. The molecule has 2 aromatic carbocycles. The summed E-state index contributed by atoms with van der Waals surface area (Å²) >= 11 is 0. The minimum Gasteiger partial charge on any atom is -0.456 e. The Labute approximate surface area is 114 Å². The van der Waals surface area contributed by atoms with Gasteiger partial charge in [-0.05, 0) is 23.8 Å². The lowest BCUT2D eigenvalue weighted by Crippen LogP contribution is -2.37. The molecule has 2 aromatic rings. The second-order valence-corrected chi connectivity index (χ2v) is 4.40. The van der Waals surface area contributed by atoms with E-state index in [-0.39, 0.29) is 12.3 Å². The Morgan fingerprint density at radius 3 is 2.70 bits per heavy atom. The Hall–Kier alpha value is -2.69. The van der Waals surface area contributed by atoms with Crippen LogP contribution in [0.4, 0.5) is 4.39 Å². The van der Waals surface area contributed by atoms with Crippen LogP contribution in [0.25, 0.3) is 0 Å². The molecule has 0 aliphatic carbocycles. The lowest BCUT2D eigenvalue weighted by molar-refractivity contribution is -0.119. The number of halogens is 1. The highest BCUT2D eigenvalue weighted by atomic mass is 19.1. The largest absolute Gasteiger partial charge is 0.456 e. The average molecular weight is 271 g/mol. The van der Waals surface area contributed by atoms with Crippen molar-refractivity contribution in [2.24, 2.45) is 0 Å². The Balaban J connectivity index is 2.01. The molecule has 20 heavy (non-hydrogen) atoms. The van der Waals surface area contributed by atoms with Gasteiger partial charge in [-0.1, -0.05) is 18.2 Å². The van der Waals surface area contributed by atoms with Crippen molar-refractivity contribution in [3.8, 4) is 11.5 Å². The molecule has 0 unspecified atom stereocenters. The van der Waals surface area contributed by atoms with Gasteiger partial charge in [-0.25, -0.2) is 4.39 Å². The van der Waals surface area contributed by atoms with Gasteiger partial charge in [0.25, 0.3) is 5.91 Å². The quantitative estimate of drug-likeness (QED) is 0.853. The van der Waals surface area contributed by atoms with Crippen LogP contribution in [-0.4, -0.2) is 11.8 Å². The van der Waals surface area contributed by atoms with Crippen molar-refractivity contribution in [2.45, 2.75) is 6.42 Å². The number of rotatable bonds is 2. The zero-order valence-corrected chi connectivity index (χ0v) is 10.4. The number of hydrogen-bond donors (Lipinski definition) is 1. The van der Waals surface area contributed by atoms with Gasteiger partial charge in [0, 0.05) is 6.07 Å². The second kappa shape index (κ2) is 4.77. The van der Waals surface area contributed by atoms with E-state index in [9.17, 15) is 14.0 Å². The van der Waals surface area contributed by atoms with Crippen molar-refractivity contribution in [1.82, 2.24) is 5.32 Å². The summed E-state index contributed by atoms with van der Waals surface area (Å²) in [6, 6.07) is 10.6. The van der Waals surface area contributed by atoms with Gasteiger partial charge in [0.1, 0.15) is 17.3 Å². The van der Waals surface area contributed by atoms with Crippen LogP contribution in [0.3, 0.4) is 0 Å². The number of carbonyl (C=O) groups is 2. The van der Waals surface area contributed by atoms with Crippen molar-refractivity contribution in [1.29, 1.82) is 0 Å². The SMILES string of the molecule is O=C1Cc2cccc(Oc3cccc(F)c3)c2C(=O)N1. The van der Waals surface area contributed by atoms with Gasteiger partial charge < -0.3 is 4.74 Å². The molecule has 0 radical (unpaired) electrons. The lowest BCUT2D eigenvalue weighted by Gasteiger charge is -2.18. The predicted molar refractivity (Wildman–Crippen MR) is 69.1 cm³/mol. The minimum atomic E-state index is -0.497. The molecule has 0 aromatic heterocycles. The first kappa shape index (κ1) is 12.3. The first-order chi connectivity index (χ1) is 9.63. The summed E-state index contributed by atoms with van der Waals surface area (Å²) in [6.45, 7) is 0. The molecule has 0 fully saturated rings. The van der Waals surface area contributed by atoms with E-state index in [1.165, 1.54) is 18.2 Å². The molecule has 2 amide bonds. The molecule has 5 heteroatoms. The number of benzene rings is 2. The monoisotopic (exact) mass is 271 g/mol. The number of imide groups is 1. The zero-order chi connectivity index (χ0) is 14.1. The fourth-order valence-corrected chi connectivity index (χ4v) is 2.13.